The molecule has 0 bridgehead atoms. The quantitative estimate of drug-likeness (QED) is 0.717. The summed E-state index contributed by atoms with van der Waals surface area (Å²) in [6, 6.07) is 5.42. The van der Waals surface area contributed by atoms with Crippen molar-refractivity contribution in [3.63, 3.8) is 0 Å². The molecule has 2 rings (SSSR count). The van der Waals surface area contributed by atoms with E-state index in [1.165, 1.54) is 0 Å². The van der Waals surface area contributed by atoms with E-state index in [0.717, 1.165) is 45.3 Å². The minimum Gasteiger partial charge on any atom is -0.493 e. The Labute approximate surface area is 150 Å². The largest absolute Gasteiger partial charge is 0.493 e. The molecule has 25 heavy (non-hydrogen) atoms. The van der Waals surface area contributed by atoms with E-state index in [1.54, 1.807) is 19.2 Å². The number of benzene rings is 1. The van der Waals surface area contributed by atoms with Crippen molar-refractivity contribution < 1.29 is 14.3 Å². The number of nitrogens with two attached hydrogens (primary N) is 1. The molecular weight excluding hydrogens is 318 g/mol. The Hall–Kier alpha value is -1.79. The van der Waals surface area contributed by atoms with Gasteiger partial charge in [-0.25, -0.2) is 0 Å². The average Bonchev–Trinajstić information content (AvgIpc) is 3.07. The maximum Gasteiger partial charge on any atom is 0.244 e. The van der Waals surface area contributed by atoms with Gasteiger partial charge >= 0.3 is 0 Å². The number of amides is 1. The lowest BCUT2D eigenvalue weighted by atomic mass is 9.98. The van der Waals surface area contributed by atoms with Crippen molar-refractivity contribution in [3.8, 4) is 11.5 Å². The van der Waals surface area contributed by atoms with E-state index in [2.05, 4.69) is 24.1 Å². The molecule has 3 N–H and O–H groups in total. The molecule has 0 saturated heterocycles. The molecule has 1 saturated carbocycles. The van der Waals surface area contributed by atoms with Crippen molar-refractivity contribution in [2.75, 3.05) is 38.7 Å². The van der Waals surface area contributed by atoms with E-state index in [9.17, 15) is 4.79 Å². The Morgan fingerprint density at radius 1 is 1.24 bits per heavy atom. The van der Waals surface area contributed by atoms with Gasteiger partial charge < -0.3 is 25.4 Å². The van der Waals surface area contributed by atoms with Gasteiger partial charge in [0, 0.05) is 18.3 Å². The minimum atomic E-state index is -0.746. The monoisotopic (exact) mass is 349 g/mol. The molecule has 1 fully saturated rings. The number of likely N-dealkylation sites (N-methyl/N-ethyl adjacent to an activating group) is 1. The third-order valence-corrected chi connectivity index (χ3v) is 4.93. The van der Waals surface area contributed by atoms with Crippen LogP contribution in [0, 0.1) is 0 Å². The average molecular weight is 349 g/mol. The highest BCUT2D eigenvalue weighted by atomic mass is 16.5. The van der Waals surface area contributed by atoms with E-state index >= 15 is 0 Å². The topological polar surface area (TPSA) is 76.8 Å². The van der Waals surface area contributed by atoms with Crippen LogP contribution in [-0.4, -0.2) is 49.7 Å². The van der Waals surface area contributed by atoms with Crippen LogP contribution in [0.1, 0.15) is 39.5 Å². The van der Waals surface area contributed by atoms with Crippen molar-refractivity contribution in [1.82, 2.24) is 4.90 Å². The first-order valence-corrected chi connectivity index (χ1v) is 9.16. The molecule has 140 valence electrons. The van der Waals surface area contributed by atoms with Crippen LogP contribution in [0.4, 0.5) is 5.69 Å². The fraction of sp³-hybridized carbons (Fsp3) is 0.632. The third-order valence-electron chi connectivity index (χ3n) is 4.93. The molecule has 1 aromatic carbocycles. The first-order valence-electron chi connectivity index (χ1n) is 9.16. The molecule has 1 amide bonds. The zero-order valence-electron chi connectivity index (χ0n) is 15.6. The van der Waals surface area contributed by atoms with Crippen molar-refractivity contribution >= 4 is 11.6 Å². The van der Waals surface area contributed by atoms with E-state index in [4.69, 9.17) is 15.2 Å². The third kappa shape index (κ3) is 5.09. The predicted molar refractivity (Wildman–Crippen MR) is 100 cm³/mol. The summed E-state index contributed by atoms with van der Waals surface area (Å²) in [5.41, 5.74) is 6.15. The molecule has 1 aliphatic rings. The van der Waals surface area contributed by atoms with E-state index < -0.39 is 5.54 Å². The first kappa shape index (κ1) is 19.5. The van der Waals surface area contributed by atoms with Crippen LogP contribution < -0.4 is 20.5 Å². The highest BCUT2D eigenvalue weighted by Crippen LogP contribution is 2.32. The van der Waals surface area contributed by atoms with Gasteiger partial charge in [0.25, 0.3) is 0 Å². The Morgan fingerprint density at radius 2 is 1.92 bits per heavy atom. The van der Waals surface area contributed by atoms with Gasteiger partial charge in [-0.05, 0) is 38.1 Å². The zero-order valence-corrected chi connectivity index (χ0v) is 15.6. The van der Waals surface area contributed by atoms with E-state index in [-0.39, 0.29) is 5.91 Å². The van der Waals surface area contributed by atoms with Gasteiger partial charge in [-0.15, -0.1) is 0 Å². The van der Waals surface area contributed by atoms with E-state index in [0.29, 0.717) is 23.8 Å². The summed E-state index contributed by atoms with van der Waals surface area (Å²) in [6.07, 6.45) is 3.49. The molecule has 0 heterocycles. The van der Waals surface area contributed by atoms with Crippen molar-refractivity contribution in [1.29, 1.82) is 0 Å². The molecule has 0 unspecified atom stereocenters. The van der Waals surface area contributed by atoms with Crippen LogP contribution in [-0.2, 0) is 4.79 Å². The predicted octanol–water partition coefficient (Wildman–Crippen LogP) is 2.63. The van der Waals surface area contributed by atoms with Gasteiger partial charge in [0.2, 0.25) is 5.91 Å². The van der Waals surface area contributed by atoms with E-state index in [1.807, 2.05) is 6.07 Å². The summed E-state index contributed by atoms with van der Waals surface area (Å²) >= 11 is 0. The lowest BCUT2D eigenvalue weighted by Crippen LogP contribution is -2.48. The number of nitrogens with one attached hydrogen (secondary N) is 1. The molecule has 0 aliphatic heterocycles. The SMILES string of the molecule is CCN(CC)CCOc1cc(NC(=O)C2(N)CCCC2)ccc1OC. The molecule has 1 aromatic rings. The summed E-state index contributed by atoms with van der Waals surface area (Å²) in [4.78, 5) is 14.8. The molecule has 0 aromatic heterocycles. The normalized spacial score (nSPS) is 16.0. The van der Waals surface area contributed by atoms with Crippen molar-refractivity contribution in [3.05, 3.63) is 18.2 Å². The Morgan fingerprint density at radius 3 is 2.52 bits per heavy atom. The van der Waals surface area contributed by atoms with Crippen LogP contribution >= 0.6 is 0 Å². The zero-order chi connectivity index (χ0) is 18.3. The number of ether oxygens (including phenoxy) is 2. The highest BCUT2D eigenvalue weighted by molar-refractivity contribution is 5.98. The first-order chi connectivity index (χ1) is 12.0. The van der Waals surface area contributed by atoms with Gasteiger partial charge in [-0.1, -0.05) is 26.7 Å². The second-order valence-electron chi connectivity index (χ2n) is 6.56. The number of carbonyl (C=O) groups excluding carboxylic acids is 1. The van der Waals surface area contributed by atoms with Crippen LogP contribution in [0.15, 0.2) is 18.2 Å². The van der Waals surface area contributed by atoms with Crippen LogP contribution in [0.2, 0.25) is 0 Å². The van der Waals surface area contributed by atoms with Gasteiger partial charge in [0.1, 0.15) is 6.61 Å². The van der Waals surface area contributed by atoms with Crippen LogP contribution in [0.25, 0.3) is 0 Å². The molecule has 1 aliphatic carbocycles. The maximum absolute atomic E-state index is 12.5. The summed E-state index contributed by atoms with van der Waals surface area (Å²) in [7, 11) is 1.61. The number of rotatable bonds is 9. The Balaban J connectivity index is 2.01. The van der Waals surface area contributed by atoms with Crippen LogP contribution in [0.5, 0.6) is 11.5 Å². The Bertz CT molecular complexity index is 567. The van der Waals surface area contributed by atoms with Gasteiger partial charge in [-0.3, -0.25) is 4.79 Å². The lowest BCUT2D eigenvalue weighted by Gasteiger charge is -2.23. The molecule has 0 atom stereocenters. The minimum absolute atomic E-state index is 0.121. The number of methoxy groups -OCH3 is 1. The molecule has 0 spiro atoms. The number of hydrogen-bond acceptors (Lipinski definition) is 5. The summed E-state index contributed by atoms with van der Waals surface area (Å²) in [6.45, 7) is 7.66. The number of hydrogen-bond donors (Lipinski definition) is 2. The van der Waals surface area contributed by atoms with Gasteiger partial charge in [-0.2, -0.15) is 0 Å². The lowest BCUT2D eigenvalue weighted by molar-refractivity contribution is -0.121. The number of nitrogens with zero attached hydrogens (tertiary/aromatic N) is 1. The van der Waals surface area contributed by atoms with Gasteiger partial charge in [0.15, 0.2) is 11.5 Å². The molecule has 6 heteroatoms. The second-order valence-corrected chi connectivity index (χ2v) is 6.56. The fourth-order valence-electron chi connectivity index (χ4n) is 3.18. The van der Waals surface area contributed by atoms with Crippen molar-refractivity contribution in [2.45, 2.75) is 45.1 Å². The van der Waals surface area contributed by atoms with Crippen LogP contribution in [0.3, 0.4) is 0 Å². The summed E-state index contributed by atoms with van der Waals surface area (Å²) in [5, 5.41) is 2.93. The van der Waals surface area contributed by atoms with Crippen molar-refractivity contribution in [2.24, 2.45) is 5.73 Å². The highest BCUT2D eigenvalue weighted by Gasteiger charge is 2.37. The Kier molecular flexibility index (Phi) is 7.08. The second kappa shape index (κ2) is 9.06. The molecule has 0 radical (unpaired) electrons. The smallest absolute Gasteiger partial charge is 0.244 e. The molecule has 6 nitrogen and oxygen atoms in total. The standard InChI is InChI=1S/C19H31N3O3/c1-4-22(5-2)12-13-25-17-14-15(8-9-16(17)24-3)21-18(23)19(20)10-6-7-11-19/h8-9,14H,4-7,10-13,20H2,1-3H3,(H,21,23). The fourth-order valence-corrected chi connectivity index (χ4v) is 3.18. The number of anilines is 1. The summed E-state index contributed by atoms with van der Waals surface area (Å²) < 4.78 is 11.2. The molecular formula is C19H31N3O3. The summed E-state index contributed by atoms with van der Waals surface area (Å²) in [5.74, 6) is 1.16. The van der Waals surface area contributed by atoms with Gasteiger partial charge in [0.05, 0.1) is 12.6 Å². The number of carbonyl (C=O) groups is 1. The maximum atomic E-state index is 12.5.